The van der Waals surface area contributed by atoms with Gasteiger partial charge in [0.25, 0.3) is 5.91 Å². The van der Waals surface area contributed by atoms with Crippen molar-refractivity contribution in [2.24, 2.45) is 13.0 Å². The fraction of sp³-hybridized carbons (Fsp3) is 0.591. The Morgan fingerprint density at radius 3 is 2.69 bits per heavy atom. The van der Waals surface area contributed by atoms with E-state index in [1.807, 2.05) is 11.8 Å². The molecule has 0 aliphatic carbocycles. The zero-order chi connectivity index (χ0) is 23.4. The normalized spacial score (nSPS) is 17.7. The predicted octanol–water partition coefficient (Wildman–Crippen LogP) is 2.44. The van der Waals surface area contributed by atoms with Gasteiger partial charge >= 0.3 is 0 Å². The number of nitrogens with two attached hydrogens (primary N) is 1. The van der Waals surface area contributed by atoms with Crippen LogP contribution in [0.5, 0.6) is 0 Å². The topological polar surface area (TPSA) is 119 Å². The van der Waals surface area contributed by atoms with Gasteiger partial charge in [0.1, 0.15) is 22.8 Å². The third-order valence-corrected chi connectivity index (χ3v) is 6.57. The summed E-state index contributed by atoms with van der Waals surface area (Å²) in [5, 5.41) is 7.33. The largest absolute Gasteiger partial charge is 0.383 e. The number of aromatic nitrogens is 4. The number of likely N-dealkylation sites (tertiary alicyclic amines) is 1. The Morgan fingerprint density at radius 1 is 1.28 bits per heavy atom. The van der Waals surface area contributed by atoms with Crippen molar-refractivity contribution in [3.8, 4) is 0 Å². The Labute approximate surface area is 193 Å². The maximum atomic E-state index is 13.0. The molecule has 1 aliphatic rings. The molecule has 2 atom stereocenters. The molecule has 2 aromatic heterocycles. The van der Waals surface area contributed by atoms with Crippen LogP contribution in [0.25, 0.3) is 0 Å². The molecule has 1 fully saturated rings. The van der Waals surface area contributed by atoms with Crippen molar-refractivity contribution < 1.29 is 9.59 Å². The Balaban J connectivity index is 1.52. The fourth-order valence-corrected chi connectivity index (χ4v) is 4.48. The molecule has 0 aromatic carbocycles. The molecule has 2 aromatic rings. The van der Waals surface area contributed by atoms with Gasteiger partial charge in [-0.25, -0.2) is 9.97 Å². The highest BCUT2D eigenvalue weighted by atomic mass is 35.5. The van der Waals surface area contributed by atoms with E-state index in [0.717, 1.165) is 43.4 Å². The van der Waals surface area contributed by atoms with Gasteiger partial charge in [-0.1, -0.05) is 11.6 Å². The van der Waals surface area contributed by atoms with E-state index in [4.69, 9.17) is 17.3 Å². The van der Waals surface area contributed by atoms with Crippen molar-refractivity contribution in [1.29, 1.82) is 0 Å². The van der Waals surface area contributed by atoms with Crippen LogP contribution in [-0.2, 0) is 18.3 Å². The summed E-state index contributed by atoms with van der Waals surface area (Å²) >= 11 is 6.26. The number of nitrogens with one attached hydrogen (secondary N) is 1. The molecule has 0 spiro atoms. The van der Waals surface area contributed by atoms with Gasteiger partial charge in [0.2, 0.25) is 5.91 Å². The number of anilines is 1. The number of hydrogen-bond acceptors (Lipinski definition) is 6. The molecule has 0 bridgehead atoms. The van der Waals surface area contributed by atoms with Crippen LogP contribution in [0.15, 0.2) is 6.20 Å². The van der Waals surface area contributed by atoms with Crippen molar-refractivity contribution in [1.82, 2.24) is 30.0 Å². The molecule has 10 heteroatoms. The standard InChI is InChI=1S/C22H32ClN7O2/c1-13(26-21(31)18-12-25-29(4)14(18)2)22(32)30-10-5-6-16(9-11-30)7-8-17-19(23)27-15(3)28-20(17)24/h12-13,16H,5-11H2,1-4H3,(H,26,31)(H2,24,27,28)/t13-,16?/m0/s1. The number of aryl methyl sites for hydroxylation is 2. The van der Waals surface area contributed by atoms with Crippen molar-refractivity contribution >= 4 is 29.2 Å². The van der Waals surface area contributed by atoms with Crippen LogP contribution in [0.1, 0.15) is 60.0 Å². The maximum Gasteiger partial charge on any atom is 0.255 e. The Bertz CT molecular complexity index is 968. The highest BCUT2D eigenvalue weighted by Gasteiger charge is 2.26. The van der Waals surface area contributed by atoms with Gasteiger partial charge in [-0.3, -0.25) is 14.3 Å². The predicted molar refractivity (Wildman–Crippen MR) is 123 cm³/mol. The zero-order valence-electron chi connectivity index (χ0n) is 19.2. The second kappa shape index (κ2) is 10.3. The number of carbonyl (C=O) groups is 2. The lowest BCUT2D eigenvalue weighted by molar-refractivity contribution is -0.132. The van der Waals surface area contributed by atoms with E-state index in [2.05, 4.69) is 20.4 Å². The van der Waals surface area contributed by atoms with Crippen LogP contribution in [0.3, 0.4) is 0 Å². The van der Waals surface area contributed by atoms with Crippen LogP contribution in [0, 0.1) is 19.8 Å². The Hall–Kier alpha value is -2.68. The van der Waals surface area contributed by atoms with Gasteiger partial charge in [-0.05, 0) is 58.8 Å². The van der Waals surface area contributed by atoms with E-state index in [1.165, 1.54) is 6.20 Å². The van der Waals surface area contributed by atoms with E-state index >= 15 is 0 Å². The molecule has 9 nitrogen and oxygen atoms in total. The van der Waals surface area contributed by atoms with E-state index in [-0.39, 0.29) is 11.8 Å². The van der Waals surface area contributed by atoms with E-state index in [0.29, 0.717) is 41.4 Å². The first-order chi connectivity index (χ1) is 15.2. The molecule has 32 heavy (non-hydrogen) atoms. The SMILES string of the molecule is Cc1nc(N)c(CCC2CCCN(C(=O)[C@H](C)NC(=O)c3cnn(C)c3C)CC2)c(Cl)n1. The number of nitrogens with zero attached hydrogens (tertiary/aromatic N) is 5. The minimum absolute atomic E-state index is 0.0558. The quantitative estimate of drug-likeness (QED) is 0.637. The van der Waals surface area contributed by atoms with Crippen LogP contribution in [-0.4, -0.2) is 55.6 Å². The fourth-order valence-electron chi connectivity index (χ4n) is 4.17. The highest BCUT2D eigenvalue weighted by Crippen LogP contribution is 2.27. The van der Waals surface area contributed by atoms with E-state index in [9.17, 15) is 9.59 Å². The second-order valence-corrected chi connectivity index (χ2v) is 8.91. The second-order valence-electron chi connectivity index (χ2n) is 8.55. The van der Waals surface area contributed by atoms with Crippen molar-refractivity contribution in [2.75, 3.05) is 18.8 Å². The number of amides is 2. The van der Waals surface area contributed by atoms with Crippen LogP contribution in [0.2, 0.25) is 5.15 Å². The minimum Gasteiger partial charge on any atom is -0.383 e. The summed E-state index contributed by atoms with van der Waals surface area (Å²) in [5.74, 6) is 1.15. The molecule has 3 heterocycles. The number of nitrogen functional groups attached to an aromatic ring is 1. The van der Waals surface area contributed by atoms with Gasteiger partial charge in [0, 0.05) is 31.4 Å². The third kappa shape index (κ3) is 5.56. The molecule has 1 aliphatic heterocycles. The maximum absolute atomic E-state index is 13.0. The van der Waals surface area contributed by atoms with Crippen molar-refractivity contribution in [3.05, 3.63) is 34.0 Å². The lowest BCUT2D eigenvalue weighted by Crippen LogP contribution is -2.47. The first-order valence-corrected chi connectivity index (χ1v) is 11.4. The first kappa shape index (κ1) is 24.0. The summed E-state index contributed by atoms with van der Waals surface area (Å²) in [6.07, 6.45) is 6.02. The molecule has 0 saturated carbocycles. The van der Waals surface area contributed by atoms with E-state index < -0.39 is 6.04 Å². The minimum atomic E-state index is -0.595. The van der Waals surface area contributed by atoms with Gasteiger partial charge in [0.15, 0.2) is 0 Å². The van der Waals surface area contributed by atoms with Crippen LogP contribution >= 0.6 is 11.6 Å². The zero-order valence-corrected chi connectivity index (χ0v) is 19.9. The molecular weight excluding hydrogens is 430 g/mol. The first-order valence-electron chi connectivity index (χ1n) is 11.0. The molecule has 2 amide bonds. The molecular formula is C22H32ClN7O2. The summed E-state index contributed by atoms with van der Waals surface area (Å²) in [7, 11) is 1.78. The molecule has 1 saturated heterocycles. The average molecular weight is 462 g/mol. The van der Waals surface area contributed by atoms with Gasteiger partial charge < -0.3 is 16.0 Å². The van der Waals surface area contributed by atoms with Crippen LogP contribution in [0.4, 0.5) is 5.82 Å². The van der Waals surface area contributed by atoms with Crippen molar-refractivity contribution in [3.63, 3.8) is 0 Å². The van der Waals surface area contributed by atoms with Crippen molar-refractivity contribution in [2.45, 2.75) is 58.9 Å². The van der Waals surface area contributed by atoms with Gasteiger partial charge in [0.05, 0.1) is 11.8 Å². The monoisotopic (exact) mass is 461 g/mol. The molecule has 1 unspecified atom stereocenters. The molecule has 3 rings (SSSR count). The number of hydrogen-bond donors (Lipinski definition) is 2. The molecule has 0 radical (unpaired) electrons. The molecule has 174 valence electrons. The van der Waals surface area contributed by atoms with Gasteiger partial charge in [-0.2, -0.15) is 5.10 Å². The van der Waals surface area contributed by atoms with Crippen LogP contribution < -0.4 is 11.1 Å². The Morgan fingerprint density at radius 2 is 2.03 bits per heavy atom. The third-order valence-electron chi connectivity index (χ3n) is 6.26. The molecule has 3 N–H and O–H groups in total. The highest BCUT2D eigenvalue weighted by molar-refractivity contribution is 6.30. The summed E-state index contributed by atoms with van der Waals surface area (Å²) < 4.78 is 1.64. The summed E-state index contributed by atoms with van der Waals surface area (Å²) in [4.78, 5) is 35.8. The smallest absolute Gasteiger partial charge is 0.255 e. The Kier molecular flexibility index (Phi) is 7.71. The summed E-state index contributed by atoms with van der Waals surface area (Å²) in [5.41, 5.74) is 8.08. The number of halogens is 1. The van der Waals surface area contributed by atoms with Gasteiger partial charge in [-0.15, -0.1) is 0 Å². The number of carbonyl (C=O) groups excluding carboxylic acids is 2. The summed E-state index contributed by atoms with van der Waals surface area (Å²) in [6, 6.07) is -0.595. The summed E-state index contributed by atoms with van der Waals surface area (Å²) in [6.45, 7) is 6.69. The average Bonchev–Trinajstić information content (AvgIpc) is 2.92. The van der Waals surface area contributed by atoms with E-state index in [1.54, 1.807) is 25.6 Å². The lowest BCUT2D eigenvalue weighted by Gasteiger charge is -2.25. The number of rotatable bonds is 6. The lowest BCUT2D eigenvalue weighted by atomic mass is 9.93.